The maximum Gasteiger partial charge on any atom is 0.230 e. The molecule has 0 spiro atoms. The summed E-state index contributed by atoms with van der Waals surface area (Å²) in [5, 5.41) is 3.72. The van der Waals surface area contributed by atoms with E-state index in [1.807, 2.05) is 7.05 Å². The molecule has 2 heterocycles. The molecule has 1 atom stereocenters. The van der Waals surface area contributed by atoms with E-state index in [0.29, 0.717) is 18.1 Å². The summed E-state index contributed by atoms with van der Waals surface area (Å²) in [5.41, 5.74) is 0. The zero-order chi connectivity index (χ0) is 10.1. The number of hydrogen-bond donors (Lipinski definition) is 0. The molecule has 1 aromatic rings. The molecule has 1 saturated heterocycles. The van der Waals surface area contributed by atoms with Crippen LogP contribution in [0.25, 0.3) is 0 Å². The van der Waals surface area contributed by atoms with Crippen LogP contribution in [0.1, 0.15) is 30.5 Å². The van der Waals surface area contributed by atoms with Crippen molar-refractivity contribution < 1.29 is 9.32 Å². The van der Waals surface area contributed by atoms with Crippen LogP contribution in [0.4, 0.5) is 0 Å². The summed E-state index contributed by atoms with van der Waals surface area (Å²) in [6.45, 7) is 2.55. The molecule has 76 valence electrons. The predicted molar refractivity (Wildman–Crippen MR) is 48.6 cm³/mol. The van der Waals surface area contributed by atoms with Gasteiger partial charge in [0.25, 0.3) is 0 Å². The van der Waals surface area contributed by atoms with Crippen molar-refractivity contribution in [3.05, 3.63) is 11.7 Å². The second-order valence-electron chi connectivity index (χ2n) is 3.68. The number of aromatic nitrogens is 2. The molecule has 5 heteroatoms. The lowest BCUT2D eigenvalue weighted by atomic mass is 9.96. The molecule has 5 nitrogen and oxygen atoms in total. The van der Waals surface area contributed by atoms with Crippen molar-refractivity contribution in [1.29, 1.82) is 0 Å². The van der Waals surface area contributed by atoms with Crippen LogP contribution in [-0.4, -0.2) is 34.5 Å². The van der Waals surface area contributed by atoms with Crippen LogP contribution in [0.5, 0.6) is 0 Å². The van der Waals surface area contributed by atoms with Gasteiger partial charge in [0, 0.05) is 25.9 Å². The molecule has 1 unspecified atom stereocenters. The van der Waals surface area contributed by atoms with E-state index in [0.717, 1.165) is 13.0 Å². The minimum absolute atomic E-state index is 0.111. The molecule has 1 aliphatic heterocycles. The van der Waals surface area contributed by atoms with E-state index < -0.39 is 0 Å². The smallest absolute Gasteiger partial charge is 0.230 e. The standard InChI is InChI=1S/C9H13N3O2/c1-6-10-9(14-11-6)7-3-4-12(2)8(13)5-7/h7H,3-5H2,1-2H3. The van der Waals surface area contributed by atoms with Gasteiger partial charge in [-0.05, 0) is 13.3 Å². The summed E-state index contributed by atoms with van der Waals surface area (Å²) >= 11 is 0. The van der Waals surface area contributed by atoms with Gasteiger partial charge in [0.2, 0.25) is 11.8 Å². The van der Waals surface area contributed by atoms with E-state index in [1.54, 1.807) is 11.8 Å². The van der Waals surface area contributed by atoms with Gasteiger partial charge < -0.3 is 9.42 Å². The molecule has 14 heavy (non-hydrogen) atoms. The Hall–Kier alpha value is -1.39. The first-order chi connectivity index (χ1) is 6.66. The van der Waals surface area contributed by atoms with Gasteiger partial charge in [-0.2, -0.15) is 4.98 Å². The van der Waals surface area contributed by atoms with E-state index >= 15 is 0 Å². The average Bonchev–Trinajstić information content (AvgIpc) is 2.57. The fourth-order valence-corrected chi connectivity index (χ4v) is 1.63. The second-order valence-corrected chi connectivity index (χ2v) is 3.68. The molecule has 0 aliphatic carbocycles. The number of rotatable bonds is 1. The van der Waals surface area contributed by atoms with Gasteiger partial charge in [0.1, 0.15) is 0 Å². The molecular weight excluding hydrogens is 182 g/mol. The number of hydrogen-bond acceptors (Lipinski definition) is 4. The number of aryl methyl sites for hydroxylation is 1. The summed E-state index contributed by atoms with van der Waals surface area (Å²) in [6.07, 6.45) is 1.39. The predicted octanol–water partition coefficient (Wildman–Crippen LogP) is 0.714. The van der Waals surface area contributed by atoms with Gasteiger partial charge in [0.15, 0.2) is 5.82 Å². The Morgan fingerprint density at radius 3 is 2.93 bits per heavy atom. The molecule has 1 fully saturated rings. The van der Waals surface area contributed by atoms with Crippen molar-refractivity contribution in [2.45, 2.75) is 25.7 Å². The Morgan fingerprint density at radius 2 is 2.36 bits per heavy atom. The molecule has 0 radical (unpaired) electrons. The van der Waals surface area contributed by atoms with E-state index in [-0.39, 0.29) is 11.8 Å². The zero-order valence-corrected chi connectivity index (χ0v) is 8.36. The summed E-state index contributed by atoms with van der Waals surface area (Å²) in [4.78, 5) is 17.3. The fraction of sp³-hybridized carbons (Fsp3) is 0.667. The normalized spacial score (nSPS) is 22.9. The Bertz CT molecular complexity index is 348. The molecule has 0 aromatic carbocycles. The van der Waals surface area contributed by atoms with Gasteiger partial charge in [-0.3, -0.25) is 4.79 Å². The van der Waals surface area contributed by atoms with Crippen LogP contribution in [-0.2, 0) is 4.79 Å². The lowest BCUT2D eigenvalue weighted by molar-refractivity contribution is -0.132. The van der Waals surface area contributed by atoms with E-state index in [9.17, 15) is 4.79 Å². The van der Waals surface area contributed by atoms with Gasteiger partial charge in [-0.15, -0.1) is 0 Å². The van der Waals surface area contributed by atoms with Crippen molar-refractivity contribution in [2.24, 2.45) is 0 Å². The van der Waals surface area contributed by atoms with Crippen molar-refractivity contribution in [1.82, 2.24) is 15.0 Å². The van der Waals surface area contributed by atoms with Crippen LogP contribution in [0.3, 0.4) is 0 Å². The first-order valence-electron chi connectivity index (χ1n) is 4.71. The van der Waals surface area contributed by atoms with Crippen LogP contribution < -0.4 is 0 Å². The maximum atomic E-state index is 11.4. The third-order valence-electron chi connectivity index (χ3n) is 2.55. The van der Waals surface area contributed by atoms with Gasteiger partial charge in [0.05, 0.1) is 0 Å². The highest BCUT2D eigenvalue weighted by Crippen LogP contribution is 2.26. The number of nitrogens with zero attached hydrogens (tertiary/aromatic N) is 3. The molecule has 1 aromatic heterocycles. The molecule has 1 amide bonds. The monoisotopic (exact) mass is 195 g/mol. The minimum Gasteiger partial charge on any atom is -0.346 e. The fourth-order valence-electron chi connectivity index (χ4n) is 1.63. The van der Waals surface area contributed by atoms with Crippen molar-refractivity contribution in [3.63, 3.8) is 0 Å². The summed E-state index contributed by atoms with van der Waals surface area (Å²) in [7, 11) is 1.82. The topological polar surface area (TPSA) is 59.2 Å². The number of piperidine rings is 1. The van der Waals surface area contributed by atoms with Crippen LogP contribution >= 0.6 is 0 Å². The highest BCUT2D eigenvalue weighted by Gasteiger charge is 2.28. The second kappa shape index (κ2) is 3.40. The van der Waals surface area contributed by atoms with Gasteiger partial charge in [-0.25, -0.2) is 0 Å². The Labute approximate surface area is 82.1 Å². The van der Waals surface area contributed by atoms with E-state index in [4.69, 9.17) is 4.52 Å². The molecule has 2 rings (SSSR count). The minimum atomic E-state index is 0.111. The molecule has 1 aliphatic rings. The Morgan fingerprint density at radius 1 is 1.57 bits per heavy atom. The zero-order valence-electron chi connectivity index (χ0n) is 8.36. The molecule has 0 N–H and O–H groups in total. The summed E-state index contributed by atoms with van der Waals surface area (Å²) < 4.78 is 5.06. The molecular formula is C9H13N3O2. The van der Waals surface area contributed by atoms with Gasteiger partial charge >= 0.3 is 0 Å². The Balaban J connectivity index is 2.10. The number of carbonyl (C=O) groups excluding carboxylic acids is 1. The van der Waals surface area contributed by atoms with Crippen LogP contribution in [0, 0.1) is 6.92 Å². The van der Waals surface area contributed by atoms with Crippen molar-refractivity contribution >= 4 is 5.91 Å². The molecule has 0 saturated carbocycles. The van der Waals surface area contributed by atoms with E-state index in [2.05, 4.69) is 10.1 Å². The van der Waals surface area contributed by atoms with Gasteiger partial charge in [-0.1, -0.05) is 5.16 Å². The number of likely N-dealkylation sites (tertiary alicyclic amines) is 1. The third-order valence-corrected chi connectivity index (χ3v) is 2.55. The van der Waals surface area contributed by atoms with Crippen molar-refractivity contribution in [3.8, 4) is 0 Å². The number of amides is 1. The summed E-state index contributed by atoms with van der Waals surface area (Å²) in [6, 6.07) is 0. The quantitative estimate of drug-likeness (QED) is 0.662. The largest absolute Gasteiger partial charge is 0.346 e. The average molecular weight is 195 g/mol. The Kier molecular flexibility index (Phi) is 2.23. The lowest BCUT2D eigenvalue weighted by Crippen LogP contribution is -2.34. The maximum absolute atomic E-state index is 11.4. The highest BCUT2D eigenvalue weighted by atomic mass is 16.5. The molecule has 0 bridgehead atoms. The van der Waals surface area contributed by atoms with Crippen LogP contribution in [0.2, 0.25) is 0 Å². The first-order valence-corrected chi connectivity index (χ1v) is 4.71. The van der Waals surface area contributed by atoms with Crippen LogP contribution in [0.15, 0.2) is 4.52 Å². The number of carbonyl (C=O) groups is 1. The summed E-state index contributed by atoms with van der Waals surface area (Å²) in [5.74, 6) is 1.49. The third kappa shape index (κ3) is 1.62. The van der Waals surface area contributed by atoms with Crippen molar-refractivity contribution in [2.75, 3.05) is 13.6 Å². The SMILES string of the molecule is Cc1noc(C2CCN(C)C(=O)C2)n1. The lowest BCUT2D eigenvalue weighted by Gasteiger charge is -2.26. The first kappa shape index (κ1) is 9.18. The highest BCUT2D eigenvalue weighted by molar-refractivity contribution is 5.77. The van der Waals surface area contributed by atoms with E-state index in [1.165, 1.54) is 0 Å².